The van der Waals surface area contributed by atoms with Gasteiger partial charge in [0.05, 0.1) is 0 Å². The van der Waals surface area contributed by atoms with Crippen molar-refractivity contribution in [1.29, 1.82) is 0 Å². The third kappa shape index (κ3) is 4.08. The van der Waals surface area contributed by atoms with Gasteiger partial charge in [0.1, 0.15) is 0 Å². The molecule has 0 unspecified atom stereocenters. The van der Waals surface area contributed by atoms with Crippen molar-refractivity contribution in [2.24, 2.45) is 0 Å². The van der Waals surface area contributed by atoms with E-state index in [1.807, 2.05) is 0 Å². The quantitative estimate of drug-likeness (QED) is 0.198. The summed E-state index contributed by atoms with van der Waals surface area (Å²) in [6.45, 7) is 0. The highest BCUT2D eigenvalue weighted by atomic mass is 14.2. The Bertz CT molecular complexity index is 2150. The van der Waals surface area contributed by atoms with Gasteiger partial charge in [-0.15, -0.1) is 0 Å². The van der Waals surface area contributed by atoms with Crippen LogP contribution < -0.4 is 0 Å². The lowest BCUT2D eigenvalue weighted by Gasteiger charge is -2.19. The molecule has 8 aromatic carbocycles. The van der Waals surface area contributed by atoms with Gasteiger partial charge in [0.15, 0.2) is 0 Å². The molecular weight excluding hydrogens is 504 g/mol. The minimum absolute atomic E-state index is 1.22. The summed E-state index contributed by atoms with van der Waals surface area (Å²) in [7, 11) is 0. The number of rotatable bonds is 4. The summed E-state index contributed by atoms with van der Waals surface area (Å²) in [5.74, 6) is 0. The van der Waals surface area contributed by atoms with E-state index in [0.29, 0.717) is 0 Å². The molecule has 0 aliphatic heterocycles. The third-order valence-corrected chi connectivity index (χ3v) is 8.45. The molecule has 0 saturated heterocycles. The Morgan fingerprint density at radius 2 is 0.643 bits per heavy atom. The molecule has 0 spiro atoms. The number of hydrogen-bond donors (Lipinski definition) is 0. The van der Waals surface area contributed by atoms with Gasteiger partial charge in [-0.1, -0.05) is 158 Å². The van der Waals surface area contributed by atoms with Crippen LogP contribution in [0.25, 0.3) is 76.8 Å². The zero-order chi connectivity index (χ0) is 27.9. The summed E-state index contributed by atoms with van der Waals surface area (Å²) in [6.07, 6.45) is 0. The van der Waals surface area contributed by atoms with Gasteiger partial charge in [-0.25, -0.2) is 0 Å². The molecule has 0 nitrogen and oxygen atoms in total. The number of fused-ring (bicyclic) bond motifs is 3. The molecule has 8 aromatic rings. The molecule has 0 atom stereocenters. The zero-order valence-corrected chi connectivity index (χ0v) is 23.2. The summed E-state index contributed by atoms with van der Waals surface area (Å²) >= 11 is 0. The van der Waals surface area contributed by atoms with Crippen LogP contribution in [0, 0.1) is 0 Å². The Hall–Kier alpha value is -5.46. The lowest BCUT2D eigenvalue weighted by molar-refractivity contribution is 1.60. The molecule has 0 aliphatic rings. The minimum atomic E-state index is 1.22. The fourth-order valence-electron chi connectivity index (χ4n) is 6.50. The maximum absolute atomic E-state index is 2.40. The van der Waals surface area contributed by atoms with Crippen LogP contribution in [0.3, 0.4) is 0 Å². The third-order valence-electron chi connectivity index (χ3n) is 8.45. The van der Waals surface area contributed by atoms with E-state index >= 15 is 0 Å². The maximum atomic E-state index is 2.40. The van der Waals surface area contributed by atoms with E-state index in [1.165, 1.54) is 76.8 Å². The Morgan fingerprint density at radius 1 is 0.238 bits per heavy atom. The summed E-state index contributed by atoms with van der Waals surface area (Å²) < 4.78 is 0. The smallest absolute Gasteiger partial charge is 0.00199 e. The van der Waals surface area contributed by atoms with Crippen LogP contribution in [-0.2, 0) is 0 Å². The molecule has 0 heterocycles. The first-order valence-corrected chi connectivity index (χ1v) is 14.5. The van der Waals surface area contributed by atoms with Crippen LogP contribution in [0.15, 0.2) is 170 Å². The summed E-state index contributed by atoms with van der Waals surface area (Å²) in [5.41, 5.74) is 10.0. The molecule has 0 heteroatoms. The lowest BCUT2D eigenvalue weighted by atomic mass is 9.84. The topological polar surface area (TPSA) is 0 Å². The molecule has 0 aromatic heterocycles. The van der Waals surface area contributed by atoms with Crippen molar-refractivity contribution in [3.05, 3.63) is 170 Å². The molecule has 0 fully saturated rings. The molecule has 8 rings (SSSR count). The molecule has 0 saturated carbocycles. The Labute approximate surface area is 246 Å². The minimum Gasteiger partial charge on any atom is -0.0622 e. The van der Waals surface area contributed by atoms with Crippen molar-refractivity contribution in [3.63, 3.8) is 0 Å². The first-order chi connectivity index (χ1) is 20.8. The number of benzene rings is 8. The zero-order valence-electron chi connectivity index (χ0n) is 23.2. The second-order valence-corrected chi connectivity index (χ2v) is 10.9. The normalized spacial score (nSPS) is 11.3. The van der Waals surface area contributed by atoms with E-state index in [1.54, 1.807) is 0 Å². The van der Waals surface area contributed by atoms with Gasteiger partial charge in [-0.3, -0.25) is 0 Å². The van der Waals surface area contributed by atoms with E-state index in [0.717, 1.165) is 0 Å². The Morgan fingerprint density at radius 3 is 1.21 bits per heavy atom. The molecule has 0 N–H and O–H groups in total. The first-order valence-electron chi connectivity index (χ1n) is 14.5. The fourth-order valence-corrected chi connectivity index (χ4v) is 6.50. The van der Waals surface area contributed by atoms with Crippen molar-refractivity contribution >= 4 is 32.3 Å². The van der Waals surface area contributed by atoms with Crippen molar-refractivity contribution in [1.82, 2.24) is 0 Å². The lowest BCUT2D eigenvalue weighted by Crippen LogP contribution is -1.92. The van der Waals surface area contributed by atoms with E-state index < -0.39 is 0 Å². The van der Waals surface area contributed by atoms with Gasteiger partial charge >= 0.3 is 0 Å². The first kappa shape index (κ1) is 24.3. The molecule has 0 radical (unpaired) electrons. The van der Waals surface area contributed by atoms with Crippen LogP contribution in [0.2, 0.25) is 0 Å². The molecule has 0 aliphatic carbocycles. The van der Waals surface area contributed by atoms with Crippen LogP contribution in [-0.4, -0.2) is 0 Å². The largest absolute Gasteiger partial charge is 0.0622 e. The Kier molecular flexibility index (Phi) is 5.90. The monoisotopic (exact) mass is 532 g/mol. The fraction of sp³-hybridized carbons (Fsp3) is 0. The molecule has 196 valence electrons. The predicted octanol–water partition coefficient (Wildman–Crippen LogP) is 11.8. The van der Waals surface area contributed by atoms with Gasteiger partial charge < -0.3 is 0 Å². The van der Waals surface area contributed by atoms with Gasteiger partial charge in [0.25, 0.3) is 0 Å². The van der Waals surface area contributed by atoms with Crippen molar-refractivity contribution in [2.75, 3.05) is 0 Å². The highest BCUT2D eigenvalue weighted by Gasteiger charge is 2.18. The van der Waals surface area contributed by atoms with Crippen molar-refractivity contribution < 1.29 is 0 Å². The van der Waals surface area contributed by atoms with Crippen LogP contribution in [0.5, 0.6) is 0 Å². The van der Waals surface area contributed by atoms with Crippen LogP contribution >= 0.6 is 0 Å². The summed E-state index contributed by atoms with van der Waals surface area (Å²) in [4.78, 5) is 0. The standard InChI is InChI=1S/C42H28/c1-3-13-29(14-4-1)30-23-25-31(26-24-30)34-27-33-17-7-8-18-35(33)40(28-34)42-38-21-11-9-19-36(38)41(32-15-5-2-6-16-32)37-20-10-12-22-39(37)42/h1-28H. The highest BCUT2D eigenvalue weighted by Crippen LogP contribution is 2.46. The SMILES string of the molecule is c1ccc(-c2ccc(-c3cc(-c4c5ccccc5c(-c5ccccc5)c5ccccc45)c4ccccc4c3)cc2)cc1. The van der Waals surface area contributed by atoms with E-state index in [4.69, 9.17) is 0 Å². The van der Waals surface area contributed by atoms with E-state index in [9.17, 15) is 0 Å². The summed E-state index contributed by atoms with van der Waals surface area (Å²) in [6, 6.07) is 61.7. The summed E-state index contributed by atoms with van der Waals surface area (Å²) in [5, 5.41) is 7.62. The highest BCUT2D eigenvalue weighted by molar-refractivity contribution is 6.23. The maximum Gasteiger partial charge on any atom is -0.00199 e. The van der Waals surface area contributed by atoms with Gasteiger partial charge in [0, 0.05) is 0 Å². The van der Waals surface area contributed by atoms with E-state index in [2.05, 4.69) is 170 Å². The molecule has 0 amide bonds. The van der Waals surface area contributed by atoms with Crippen molar-refractivity contribution in [3.8, 4) is 44.5 Å². The average molecular weight is 533 g/mol. The van der Waals surface area contributed by atoms with Gasteiger partial charge in [-0.05, 0) is 89.0 Å². The Balaban J connectivity index is 1.42. The van der Waals surface area contributed by atoms with Crippen molar-refractivity contribution in [2.45, 2.75) is 0 Å². The van der Waals surface area contributed by atoms with Gasteiger partial charge in [-0.2, -0.15) is 0 Å². The van der Waals surface area contributed by atoms with Crippen LogP contribution in [0.4, 0.5) is 0 Å². The molecule has 42 heavy (non-hydrogen) atoms. The second-order valence-electron chi connectivity index (χ2n) is 10.9. The number of hydrogen-bond acceptors (Lipinski definition) is 0. The average Bonchev–Trinajstić information content (AvgIpc) is 3.07. The van der Waals surface area contributed by atoms with E-state index in [-0.39, 0.29) is 0 Å². The molecular formula is C42H28. The molecule has 0 bridgehead atoms. The van der Waals surface area contributed by atoms with Gasteiger partial charge in [0.2, 0.25) is 0 Å². The van der Waals surface area contributed by atoms with Crippen LogP contribution in [0.1, 0.15) is 0 Å². The predicted molar refractivity (Wildman–Crippen MR) is 181 cm³/mol. The second kappa shape index (κ2) is 10.2.